The number of carbonyl (C=O) groups is 2. The molecule has 2 aromatic rings. The summed E-state index contributed by atoms with van der Waals surface area (Å²) in [6, 6.07) is 10.1. The first kappa shape index (κ1) is 27.8. The van der Waals surface area contributed by atoms with Gasteiger partial charge in [-0.1, -0.05) is 18.2 Å². The second kappa shape index (κ2) is 10.7. The van der Waals surface area contributed by atoms with Gasteiger partial charge < -0.3 is 15.4 Å². The topological polar surface area (TPSA) is 125 Å². The Morgan fingerprint density at radius 2 is 1.84 bits per heavy atom. The van der Waals surface area contributed by atoms with Gasteiger partial charge in [-0.05, 0) is 57.0 Å². The highest BCUT2D eigenvalue weighted by Crippen LogP contribution is 2.37. The van der Waals surface area contributed by atoms with Crippen LogP contribution in [0.4, 0.5) is 19.3 Å². The lowest BCUT2D eigenvalue weighted by atomic mass is 9.95. The summed E-state index contributed by atoms with van der Waals surface area (Å²) in [6.07, 6.45) is -2.37. The Labute approximate surface area is 214 Å². The number of allylic oxidation sites excluding steroid dienone is 1. The van der Waals surface area contributed by atoms with Crippen LogP contribution in [0.15, 0.2) is 58.6 Å². The molecule has 0 radical (unpaired) electrons. The quantitative estimate of drug-likeness (QED) is 0.503. The molecule has 1 unspecified atom stereocenters. The van der Waals surface area contributed by atoms with E-state index in [-0.39, 0.29) is 45.8 Å². The number of ketones is 1. The number of nitrogens with zero attached hydrogens (tertiary/aromatic N) is 1. The molecular weight excluding hydrogens is 504 g/mol. The number of nitriles is 1. The van der Waals surface area contributed by atoms with E-state index in [9.17, 15) is 32.0 Å². The number of sulfone groups is 1. The van der Waals surface area contributed by atoms with Gasteiger partial charge in [0.15, 0.2) is 15.6 Å². The third-order valence-corrected chi connectivity index (χ3v) is 6.62. The van der Waals surface area contributed by atoms with Crippen molar-refractivity contribution in [3.63, 3.8) is 0 Å². The number of rotatable bonds is 7. The van der Waals surface area contributed by atoms with Crippen LogP contribution in [0.3, 0.4) is 0 Å². The number of hydrogen-bond donors (Lipinski definition) is 2. The number of carbonyl (C=O) groups excluding carboxylic acids is 2. The molecule has 2 aromatic carbocycles. The molecule has 0 spiro atoms. The molecule has 0 aromatic heterocycles. The number of amides is 1. The zero-order chi connectivity index (χ0) is 27.5. The number of alkyl halides is 2. The van der Waals surface area contributed by atoms with Gasteiger partial charge in [-0.2, -0.15) is 5.26 Å². The van der Waals surface area contributed by atoms with Gasteiger partial charge >= 0.3 is 6.09 Å². The first-order chi connectivity index (χ1) is 17.2. The number of nitrogens with one attached hydrogen (secondary N) is 2. The van der Waals surface area contributed by atoms with E-state index in [1.165, 1.54) is 36.4 Å². The molecule has 11 heteroatoms. The van der Waals surface area contributed by atoms with Crippen molar-refractivity contribution in [2.75, 3.05) is 11.6 Å². The van der Waals surface area contributed by atoms with Crippen LogP contribution in [0.1, 0.15) is 62.8 Å². The normalized spacial score (nSPS) is 14.9. The average molecular weight is 532 g/mol. The first-order valence-electron chi connectivity index (χ1n) is 11.3. The van der Waals surface area contributed by atoms with E-state index in [0.29, 0.717) is 11.4 Å². The Bertz CT molecular complexity index is 1410. The molecule has 8 nitrogen and oxygen atoms in total. The van der Waals surface area contributed by atoms with Crippen LogP contribution >= 0.6 is 0 Å². The Balaban J connectivity index is 2.19. The minimum Gasteiger partial charge on any atom is -0.444 e. The van der Waals surface area contributed by atoms with Crippen molar-refractivity contribution in [2.24, 2.45) is 0 Å². The highest BCUT2D eigenvalue weighted by atomic mass is 32.2. The van der Waals surface area contributed by atoms with Crippen LogP contribution in [-0.2, 0) is 19.4 Å². The molecule has 0 bridgehead atoms. The van der Waals surface area contributed by atoms with Crippen molar-refractivity contribution in [3.8, 4) is 6.07 Å². The summed E-state index contributed by atoms with van der Waals surface area (Å²) < 4.78 is 57.1. The van der Waals surface area contributed by atoms with E-state index in [1.54, 1.807) is 26.8 Å². The average Bonchev–Trinajstić information content (AvgIpc) is 3.15. The molecule has 196 valence electrons. The Kier molecular flexibility index (Phi) is 8.03. The minimum atomic E-state index is -3.90. The van der Waals surface area contributed by atoms with E-state index in [2.05, 4.69) is 10.6 Å². The lowest BCUT2D eigenvalue weighted by Gasteiger charge is -2.26. The maximum Gasteiger partial charge on any atom is 0.408 e. The predicted molar refractivity (Wildman–Crippen MR) is 133 cm³/mol. The summed E-state index contributed by atoms with van der Waals surface area (Å²) in [5, 5.41) is 14.9. The first-order valence-corrected chi connectivity index (χ1v) is 13.2. The molecule has 1 amide bonds. The monoisotopic (exact) mass is 531 g/mol. The highest BCUT2D eigenvalue weighted by molar-refractivity contribution is 7.90. The molecule has 0 saturated heterocycles. The molecule has 0 fully saturated rings. The summed E-state index contributed by atoms with van der Waals surface area (Å²) in [6.45, 7) is 4.94. The zero-order valence-corrected chi connectivity index (χ0v) is 21.6. The van der Waals surface area contributed by atoms with Crippen LogP contribution in [-0.4, -0.2) is 32.2 Å². The van der Waals surface area contributed by atoms with Gasteiger partial charge in [-0.3, -0.25) is 4.79 Å². The zero-order valence-electron chi connectivity index (χ0n) is 20.8. The maximum atomic E-state index is 13.2. The summed E-state index contributed by atoms with van der Waals surface area (Å²) in [5.74, 6) is -0.364. The molecule has 37 heavy (non-hydrogen) atoms. The summed E-state index contributed by atoms with van der Waals surface area (Å²) in [4.78, 5) is 25.7. The van der Waals surface area contributed by atoms with Crippen LogP contribution in [0.2, 0.25) is 0 Å². The van der Waals surface area contributed by atoms with Gasteiger partial charge in [0.2, 0.25) is 0 Å². The lowest BCUT2D eigenvalue weighted by Crippen LogP contribution is -2.37. The molecule has 1 aliphatic rings. The van der Waals surface area contributed by atoms with Crippen molar-refractivity contribution in [1.82, 2.24) is 5.32 Å². The molecule has 3 rings (SSSR count). The SMILES string of the molecule is CC(C)(C)OC(=O)NC(C1=C(Nc2cccc(C(F)F)c2)CCC1=O)c1ccc(C#N)cc1S(C)(=O)=O. The summed E-state index contributed by atoms with van der Waals surface area (Å²) >= 11 is 0. The van der Waals surface area contributed by atoms with Gasteiger partial charge in [0, 0.05) is 35.2 Å². The van der Waals surface area contributed by atoms with Crippen LogP contribution < -0.4 is 10.6 Å². The summed E-state index contributed by atoms with van der Waals surface area (Å²) in [7, 11) is -3.90. The largest absolute Gasteiger partial charge is 0.444 e. The second-order valence-corrected chi connectivity index (χ2v) is 11.6. The summed E-state index contributed by atoms with van der Waals surface area (Å²) in [5.41, 5.74) is -0.230. The number of Topliss-reactive ketones (excluding diaryl/α,β-unsaturated/α-hetero) is 1. The molecule has 1 atom stereocenters. The lowest BCUT2D eigenvalue weighted by molar-refractivity contribution is -0.115. The fourth-order valence-electron chi connectivity index (χ4n) is 3.96. The van der Waals surface area contributed by atoms with Gasteiger partial charge in [-0.25, -0.2) is 22.0 Å². The predicted octanol–water partition coefficient (Wildman–Crippen LogP) is 5.19. The van der Waals surface area contributed by atoms with E-state index in [0.717, 1.165) is 6.26 Å². The number of halogens is 2. The van der Waals surface area contributed by atoms with E-state index in [1.807, 2.05) is 6.07 Å². The maximum absolute atomic E-state index is 13.2. The number of anilines is 1. The van der Waals surface area contributed by atoms with Crippen LogP contribution in [0, 0.1) is 11.3 Å². The third kappa shape index (κ3) is 6.92. The van der Waals surface area contributed by atoms with Gasteiger partial charge in [0.25, 0.3) is 6.43 Å². The molecule has 0 saturated carbocycles. The minimum absolute atomic E-state index is 0.0587. The number of ether oxygens (including phenoxy) is 1. The number of alkyl carbamates (subject to hydrolysis) is 1. The standard InChI is InChI=1S/C26H27F2N3O5S/c1-26(2,3)36-25(33)31-23(18-9-8-15(14-29)12-21(18)37(4,34)35)22-19(10-11-20(22)32)30-17-7-5-6-16(13-17)24(27)28/h5-9,12-13,23-24,30H,10-11H2,1-4H3,(H,31,33). The van der Waals surface area contributed by atoms with Crippen LogP contribution in [0.5, 0.6) is 0 Å². The van der Waals surface area contributed by atoms with Gasteiger partial charge in [0.05, 0.1) is 22.6 Å². The fourth-order valence-corrected chi connectivity index (χ4v) is 4.92. The van der Waals surface area contributed by atoms with Crippen LogP contribution in [0.25, 0.3) is 0 Å². The molecule has 0 aliphatic heterocycles. The smallest absolute Gasteiger partial charge is 0.408 e. The van der Waals surface area contributed by atoms with E-state index in [4.69, 9.17) is 4.74 Å². The Morgan fingerprint density at radius 3 is 2.43 bits per heavy atom. The molecule has 0 heterocycles. The Hall–Kier alpha value is -3.78. The molecular formula is C26H27F2N3O5S. The number of hydrogen-bond acceptors (Lipinski definition) is 7. The van der Waals surface area contributed by atoms with E-state index >= 15 is 0 Å². The van der Waals surface area contributed by atoms with Gasteiger partial charge in [0.1, 0.15) is 5.60 Å². The fraction of sp³-hybridized carbons (Fsp3) is 0.346. The molecule has 2 N–H and O–H groups in total. The Morgan fingerprint density at radius 1 is 1.14 bits per heavy atom. The van der Waals surface area contributed by atoms with Gasteiger partial charge in [-0.15, -0.1) is 0 Å². The molecule has 1 aliphatic carbocycles. The third-order valence-electron chi connectivity index (χ3n) is 5.46. The highest BCUT2D eigenvalue weighted by Gasteiger charge is 2.35. The number of benzene rings is 2. The van der Waals surface area contributed by atoms with Crippen molar-refractivity contribution < 1.29 is 31.5 Å². The van der Waals surface area contributed by atoms with Crippen molar-refractivity contribution in [2.45, 2.75) is 56.6 Å². The van der Waals surface area contributed by atoms with Crippen molar-refractivity contribution >= 4 is 27.4 Å². The van der Waals surface area contributed by atoms with Crippen molar-refractivity contribution in [3.05, 3.63) is 70.4 Å². The van der Waals surface area contributed by atoms with Crippen molar-refractivity contribution in [1.29, 1.82) is 5.26 Å². The second-order valence-electron chi connectivity index (χ2n) is 9.58. The van der Waals surface area contributed by atoms with E-state index < -0.39 is 34.0 Å².